The molecule has 3 rings (SSSR count). The highest BCUT2D eigenvalue weighted by Gasteiger charge is 2.34. The Labute approximate surface area is 203 Å². The van der Waals surface area contributed by atoms with Crippen LogP contribution in [0, 0.1) is 6.92 Å². The quantitative estimate of drug-likeness (QED) is 0.308. The first-order valence-electron chi connectivity index (χ1n) is 10.1. The Morgan fingerprint density at radius 3 is 2.53 bits per heavy atom. The monoisotopic (exact) mass is 514 g/mol. The number of alkyl halides is 3. The lowest BCUT2D eigenvalue weighted by atomic mass is 9.97. The third-order valence-electron chi connectivity index (χ3n) is 4.81. The molecule has 11 heteroatoms. The lowest BCUT2D eigenvalue weighted by molar-refractivity contribution is -0.274. The number of hydrogen-bond donors (Lipinski definition) is 2. The first kappa shape index (κ1) is 25.8. The van der Waals surface area contributed by atoms with E-state index in [2.05, 4.69) is 14.9 Å². The van der Waals surface area contributed by atoms with Crippen LogP contribution in [0.25, 0.3) is 0 Å². The van der Waals surface area contributed by atoms with E-state index in [4.69, 9.17) is 21.4 Å². The molecule has 6 nitrogen and oxygen atoms in total. The fourth-order valence-electron chi connectivity index (χ4n) is 3.31. The Morgan fingerprint density at radius 2 is 1.97 bits per heavy atom. The maximum Gasteiger partial charge on any atom is 0.573 e. The molecule has 182 valence electrons. The van der Waals surface area contributed by atoms with E-state index in [9.17, 15) is 18.0 Å². The second-order valence-corrected chi connectivity index (χ2v) is 9.35. The van der Waals surface area contributed by atoms with E-state index < -0.39 is 24.7 Å². The summed E-state index contributed by atoms with van der Waals surface area (Å²) < 4.78 is 48.4. The van der Waals surface area contributed by atoms with Crippen LogP contribution in [0.2, 0.25) is 5.02 Å². The number of nitrogens with one attached hydrogen (secondary N) is 1. The Bertz CT molecular complexity index is 1150. The van der Waals surface area contributed by atoms with Crippen LogP contribution < -0.4 is 9.47 Å². The van der Waals surface area contributed by atoms with Gasteiger partial charge in [0.05, 0.1) is 16.5 Å². The zero-order valence-electron chi connectivity index (χ0n) is 18.4. The Kier molecular flexibility index (Phi) is 8.04. The van der Waals surface area contributed by atoms with Crippen LogP contribution in [0.15, 0.2) is 47.6 Å². The van der Waals surface area contributed by atoms with E-state index in [1.165, 1.54) is 17.8 Å². The van der Waals surface area contributed by atoms with E-state index in [0.717, 1.165) is 16.0 Å². The molecule has 0 aliphatic rings. The number of carbonyl (C=O) groups is 1. The van der Waals surface area contributed by atoms with Crippen molar-refractivity contribution in [2.75, 3.05) is 6.61 Å². The van der Waals surface area contributed by atoms with Crippen molar-refractivity contribution in [3.8, 4) is 11.5 Å². The molecule has 0 spiro atoms. The maximum atomic E-state index is 13.0. The van der Waals surface area contributed by atoms with Gasteiger partial charge in [0.2, 0.25) is 0 Å². The minimum absolute atomic E-state index is 0.138. The number of aromatic nitrogens is 2. The molecule has 2 aromatic carbocycles. The molecule has 0 radical (unpaired) electrons. The average Bonchev–Trinajstić information content (AvgIpc) is 3.26. The van der Waals surface area contributed by atoms with Crippen LogP contribution in [0.3, 0.4) is 0 Å². The third-order valence-corrected chi connectivity index (χ3v) is 6.40. The van der Waals surface area contributed by atoms with Crippen molar-refractivity contribution >= 4 is 29.3 Å². The zero-order chi connectivity index (χ0) is 25.0. The average molecular weight is 515 g/mol. The first-order chi connectivity index (χ1) is 15.9. The highest BCUT2D eigenvalue weighted by Crippen LogP contribution is 2.46. The van der Waals surface area contributed by atoms with Gasteiger partial charge in [0.1, 0.15) is 5.75 Å². The van der Waals surface area contributed by atoms with Crippen molar-refractivity contribution in [2.45, 2.75) is 43.2 Å². The van der Waals surface area contributed by atoms with Crippen molar-refractivity contribution < 1.29 is 32.5 Å². The number of benzene rings is 2. The van der Waals surface area contributed by atoms with Gasteiger partial charge in [-0.1, -0.05) is 31.5 Å². The van der Waals surface area contributed by atoms with E-state index >= 15 is 0 Å². The molecule has 0 aliphatic heterocycles. The molecule has 0 saturated carbocycles. The van der Waals surface area contributed by atoms with Crippen LogP contribution in [0.1, 0.15) is 47.3 Å². The van der Waals surface area contributed by atoms with Gasteiger partial charge in [0.15, 0.2) is 12.4 Å². The van der Waals surface area contributed by atoms with Gasteiger partial charge >= 0.3 is 12.3 Å². The molecule has 1 aromatic heterocycles. The fraction of sp³-hybridized carbons (Fsp3) is 0.304. The van der Waals surface area contributed by atoms with Crippen molar-refractivity contribution in [3.63, 3.8) is 0 Å². The molecule has 0 amide bonds. The summed E-state index contributed by atoms with van der Waals surface area (Å²) >= 11 is 7.72. The van der Waals surface area contributed by atoms with Crippen LogP contribution in [-0.4, -0.2) is 34.2 Å². The predicted molar refractivity (Wildman–Crippen MR) is 123 cm³/mol. The van der Waals surface area contributed by atoms with Gasteiger partial charge in [-0.25, -0.2) is 4.79 Å². The van der Waals surface area contributed by atoms with Crippen molar-refractivity contribution in [1.29, 1.82) is 0 Å². The summed E-state index contributed by atoms with van der Waals surface area (Å²) in [7, 11) is 0. The molecule has 0 fully saturated rings. The van der Waals surface area contributed by atoms with Gasteiger partial charge in [0.25, 0.3) is 0 Å². The molecular formula is C23H22ClF3N2O4S. The molecule has 34 heavy (non-hydrogen) atoms. The summed E-state index contributed by atoms with van der Waals surface area (Å²) in [5, 5.41) is 15.1. The van der Waals surface area contributed by atoms with E-state index in [-0.39, 0.29) is 16.2 Å². The minimum atomic E-state index is -4.87. The second kappa shape index (κ2) is 10.6. The predicted octanol–water partition coefficient (Wildman–Crippen LogP) is 6.74. The highest BCUT2D eigenvalue weighted by molar-refractivity contribution is 7.99. The summed E-state index contributed by atoms with van der Waals surface area (Å²) in [5.41, 5.74) is 2.55. The van der Waals surface area contributed by atoms with E-state index in [1.807, 2.05) is 6.07 Å². The zero-order valence-corrected chi connectivity index (χ0v) is 20.0. The molecule has 0 aliphatic carbocycles. The molecule has 1 heterocycles. The summed E-state index contributed by atoms with van der Waals surface area (Å²) in [6.07, 6.45) is -1.52. The van der Waals surface area contributed by atoms with Crippen LogP contribution in [0.4, 0.5) is 13.2 Å². The number of rotatable bonds is 9. The molecule has 3 aromatic rings. The summed E-state index contributed by atoms with van der Waals surface area (Å²) in [6, 6.07) is 8.45. The van der Waals surface area contributed by atoms with E-state index in [0.29, 0.717) is 16.9 Å². The summed E-state index contributed by atoms with van der Waals surface area (Å²) in [4.78, 5) is 11.6. The van der Waals surface area contributed by atoms with Gasteiger partial charge in [-0.05, 0) is 53.8 Å². The Morgan fingerprint density at radius 1 is 1.24 bits per heavy atom. The topological polar surface area (TPSA) is 84.4 Å². The van der Waals surface area contributed by atoms with Gasteiger partial charge in [0, 0.05) is 16.7 Å². The Balaban J connectivity index is 2.00. The van der Waals surface area contributed by atoms with Crippen molar-refractivity contribution in [2.24, 2.45) is 0 Å². The minimum Gasteiger partial charge on any atom is -0.482 e. The number of aliphatic carboxylic acids is 1. The molecule has 1 atom stereocenters. The molecule has 1 unspecified atom stereocenters. The number of ether oxygens (including phenoxy) is 2. The van der Waals surface area contributed by atoms with Crippen LogP contribution in [-0.2, 0) is 4.79 Å². The highest BCUT2D eigenvalue weighted by atomic mass is 35.5. The SMILES string of the molecule is Cc1cc(SC(c2cn[nH]c2)c2cc(Cl)c(OC(F)(F)F)c(C(C)C)c2)ccc1OCC(=O)O. The number of nitrogens with zero attached hydrogens (tertiary/aromatic N) is 1. The number of aryl methyl sites for hydroxylation is 1. The van der Waals surface area contributed by atoms with Crippen LogP contribution >= 0.6 is 23.4 Å². The number of carboxylic acids is 1. The normalized spacial score (nSPS) is 12.6. The standard InChI is InChI=1S/C23H22ClF3N2O4S/c1-12(2)17-7-14(8-18(24)21(17)33-23(25,26)27)22(15-9-28-29-10-15)34-16-4-5-19(13(3)6-16)32-11-20(30)31/h4-10,12,22H,11H2,1-3H3,(H,28,29)(H,30,31). The summed E-state index contributed by atoms with van der Waals surface area (Å²) in [5.74, 6) is -1.31. The van der Waals surface area contributed by atoms with E-state index in [1.54, 1.807) is 51.4 Å². The van der Waals surface area contributed by atoms with Gasteiger partial charge < -0.3 is 14.6 Å². The van der Waals surface area contributed by atoms with Crippen molar-refractivity contribution in [3.05, 3.63) is 70.0 Å². The third kappa shape index (κ3) is 6.60. The maximum absolute atomic E-state index is 13.0. The molecular weight excluding hydrogens is 493 g/mol. The largest absolute Gasteiger partial charge is 0.573 e. The number of hydrogen-bond acceptors (Lipinski definition) is 5. The first-order valence-corrected chi connectivity index (χ1v) is 11.4. The van der Waals surface area contributed by atoms with Crippen molar-refractivity contribution in [1.82, 2.24) is 10.2 Å². The molecule has 0 bridgehead atoms. The fourth-order valence-corrected chi connectivity index (χ4v) is 4.78. The number of H-pyrrole nitrogens is 1. The summed E-state index contributed by atoms with van der Waals surface area (Å²) in [6.45, 7) is 4.87. The molecule has 0 saturated heterocycles. The van der Waals surface area contributed by atoms with Gasteiger partial charge in [-0.15, -0.1) is 24.9 Å². The van der Waals surface area contributed by atoms with Gasteiger partial charge in [-0.3, -0.25) is 5.10 Å². The Hall–Kier alpha value is -2.85. The lowest BCUT2D eigenvalue weighted by Gasteiger charge is -2.22. The van der Waals surface area contributed by atoms with Crippen LogP contribution in [0.5, 0.6) is 11.5 Å². The smallest absolute Gasteiger partial charge is 0.482 e. The number of carboxylic acid groups (broad SMARTS) is 1. The van der Waals surface area contributed by atoms with Gasteiger partial charge in [-0.2, -0.15) is 5.10 Å². The number of thioether (sulfide) groups is 1. The number of aromatic amines is 1. The number of halogens is 4. The second-order valence-electron chi connectivity index (χ2n) is 7.76. The lowest BCUT2D eigenvalue weighted by Crippen LogP contribution is -2.19. The molecule has 2 N–H and O–H groups in total.